The maximum atomic E-state index is 12.6. The lowest BCUT2D eigenvalue weighted by molar-refractivity contribution is 0.0943. The molecule has 0 fully saturated rings. The van der Waals surface area contributed by atoms with E-state index in [1.807, 2.05) is 49.4 Å². The van der Waals surface area contributed by atoms with Crippen molar-refractivity contribution < 1.29 is 14.0 Å². The fourth-order valence-corrected chi connectivity index (χ4v) is 3.39. The summed E-state index contributed by atoms with van der Waals surface area (Å²) in [6.45, 7) is 2.38. The zero-order chi connectivity index (χ0) is 18.8. The number of carbonyl (C=O) groups is 2. The molecule has 4 rings (SSSR count). The van der Waals surface area contributed by atoms with Gasteiger partial charge in [-0.1, -0.05) is 48.0 Å². The molecule has 136 valence electrons. The zero-order valence-electron chi connectivity index (χ0n) is 15.1. The lowest BCUT2D eigenvalue weighted by Gasteiger charge is -2.15. The van der Waals surface area contributed by atoms with E-state index < -0.39 is 0 Å². The number of aryl methyl sites for hydroxylation is 2. The topological polar surface area (TPSA) is 72.2 Å². The molecule has 0 radical (unpaired) electrons. The van der Waals surface area contributed by atoms with Crippen molar-refractivity contribution in [3.8, 4) is 11.3 Å². The summed E-state index contributed by atoms with van der Waals surface area (Å²) in [7, 11) is 0. The van der Waals surface area contributed by atoms with Crippen molar-refractivity contribution >= 4 is 11.7 Å². The normalized spacial score (nSPS) is 13.3. The second kappa shape index (κ2) is 7.19. The van der Waals surface area contributed by atoms with Gasteiger partial charge in [0.1, 0.15) is 0 Å². The number of Topliss-reactive ketones (excluding diaryl/α,β-unsaturated/α-hetero) is 1. The highest BCUT2D eigenvalue weighted by molar-refractivity contribution is 5.99. The number of amides is 1. The SMILES string of the molecule is Cc1ccc(-c2ocnc2C(=O)NCc2ccc3c(c2)CCCC3=O)cc1. The van der Waals surface area contributed by atoms with Crippen molar-refractivity contribution in [3.63, 3.8) is 0 Å². The van der Waals surface area contributed by atoms with Gasteiger partial charge >= 0.3 is 0 Å². The molecule has 2 aromatic carbocycles. The first-order valence-corrected chi connectivity index (χ1v) is 9.05. The van der Waals surface area contributed by atoms with Gasteiger partial charge in [-0.15, -0.1) is 0 Å². The Morgan fingerprint density at radius 1 is 1.15 bits per heavy atom. The summed E-state index contributed by atoms with van der Waals surface area (Å²) in [5.41, 5.74) is 5.07. The van der Waals surface area contributed by atoms with Crippen LogP contribution < -0.4 is 5.32 Å². The number of nitrogens with one attached hydrogen (secondary N) is 1. The smallest absolute Gasteiger partial charge is 0.274 e. The molecule has 27 heavy (non-hydrogen) atoms. The minimum Gasteiger partial charge on any atom is -0.443 e. The number of oxazole rings is 1. The summed E-state index contributed by atoms with van der Waals surface area (Å²) in [6, 6.07) is 13.5. The molecule has 0 atom stereocenters. The predicted molar refractivity (Wildman–Crippen MR) is 102 cm³/mol. The Labute approximate surface area is 157 Å². The molecule has 1 aliphatic carbocycles. The van der Waals surface area contributed by atoms with Crippen LogP contribution in [0.15, 0.2) is 53.3 Å². The van der Waals surface area contributed by atoms with Gasteiger partial charge in [0, 0.05) is 24.1 Å². The maximum absolute atomic E-state index is 12.6. The van der Waals surface area contributed by atoms with Gasteiger partial charge in [-0.25, -0.2) is 4.98 Å². The molecule has 1 aromatic heterocycles. The van der Waals surface area contributed by atoms with E-state index in [9.17, 15) is 9.59 Å². The average molecular weight is 360 g/mol. The number of carbonyl (C=O) groups excluding carboxylic acids is 2. The highest BCUT2D eigenvalue weighted by Crippen LogP contribution is 2.24. The molecule has 1 N–H and O–H groups in total. The fraction of sp³-hybridized carbons (Fsp3) is 0.227. The molecule has 5 heteroatoms. The van der Waals surface area contributed by atoms with Crippen LogP contribution >= 0.6 is 0 Å². The molecular formula is C22H20N2O3. The largest absolute Gasteiger partial charge is 0.443 e. The van der Waals surface area contributed by atoms with Crippen LogP contribution in [0.5, 0.6) is 0 Å². The van der Waals surface area contributed by atoms with E-state index in [2.05, 4.69) is 10.3 Å². The molecule has 0 saturated heterocycles. The summed E-state index contributed by atoms with van der Waals surface area (Å²) < 4.78 is 5.44. The second-order valence-corrected chi connectivity index (χ2v) is 6.85. The molecule has 0 aliphatic heterocycles. The Kier molecular flexibility index (Phi) is 4.59. The van der Waals surface area contributed by atoms with Crippen LogP contribution in [0.2, 0.25) is 0 Å². The van der Waals surface area contributed by atoms with Crippen molar-refractivity contribution in [1.82, 2.24) is 10.3 Å². The third kappa shape index (κ3) is 3.53. The Bertz CT molecular complexity index is 1000. The maximum Gasteiger partial charge on any atom is 0.274 e. The third-order valence-corrected chi connectivity index (χ3v) is 4.87. The van der Waals surface area contributed by atoms with Crippen LogP contribution in [-0.4, -0.2) is 16.7 Å². The van der Waals surface area contributed by atoms with E-state index in [0.717, 1.165) is 40.7 Å². The zero-order valence-corrected chi connectivity index (χ0v) is 15.1. The minimum atomic E-state index is -0.284. The van der Waals surface area contributed by atoms with E-state index in [1.165, 1.54) is 6.39 Å². The van der Waals surface area contributed by atoms with Crippen LogP contribution in [0.3, 0.4) is 0 Å². The minimum absolute atomic E-state index is 0.206. The van der Waals surface area contributed by atoms with E-state index >= 15 is 0 Å². The highest BCUT2D eigenvalue weighted by atomic mass is 16.3. The van der Waals surface area contributed by atoms with Crippen LogP contribution in [-0.2, 0) is 13.0 Å². The summed E-state index contributed by atoms with van der Waals surface area (Å²) in [5, 5.41) is 2.89. The monoisotopic (exact) mass is 360 g/mol. The lowest BCUT2D eigenvalue weighted by Crippen LogP contribution is -2.24. The van der Waals surface area contributed by atoms with Crippen molar-refractivity contribution in [2.24, 2.45) is 0 Å². The number of rotatable bonds is 4. The number of aromatic nitrogens is 1. The Balaban J connectivity index is 1.49. The van der Waals surface area contributed by atoms with Crippen molar-refractivity contribution in [3.05, 3.63) is 76.8 Å². The van der Waals surface area contributed by atoms with Gasteiger partial charge in [-0.3, -0.25) is 9.59 Å². The van der Waals surface area contributed by atoms with Crippen molar-refractivity contribution in [1.29, 1.82) is 0 Å². The Morgan fingerprint density at radius 3 is 2.78 bits per heavy atom. The summed E-state index contributed by atoms with van der Waals surface area (Å²) in [5.74, 6) is 0.383. The van der Waals surface area contributed by atoms with E-state index in [4.69, 9.17) is 4.42 Å². The number of fused-ring (bicyclic) bond motifs is 1. The molecule has 1 amide bonds. The fourth-order valence-electron chi connectivity index (χ4n) is 3.39. The van der Waals surface area contributed by atoms with Crippen LogP contribution in [0.25, 0.3) is 11.3 Å². The molecule has 0 spiro atoms. The molecule has 3 aromatic rings. The van der Waals surface area contributed by atoms with Gasteiger partial charge in [0.05, 0.1) is 0 Å². The molecule has 0 unspecified atom stereocenters. The Hall–Kier alpha value is -3.21. The van der Waals surface area contributed by atoms with Gasteiger partial charge in [0.25, 0.3) is 5.91 Å². The van der Waals surface area contributed by atoms with Gasteiger partial charge < -0.3 is 9.73 Å². The predicted octanol–water partition coefficient (Wildman–Crippen LogP) is 4.10. The summed E-state index contributed by atoms with van der Waals surface area (Å²) in [6.07, 6.45) is 3.70. The average Bonchev–Trinajstić information content (AvgIpc) is 3.17. The second-order valence-electron chi connectivity index (χ2n) is 6.85. The quantitative estimate of drug-likeness (QED) is 0.760. The number of nitrogens with zero attached hydrogens (tertiary/aromatic N) is 1. The van der Waals surface area contributed by atoms with Gasteiger partial charge in [-0.05, 0) is 30.9 Å². The van der Waals surface area contributed by atoms with Crippen LogP contribution in [0, 0.1) is 6.92 Å². The Morgan fingerprint density at radius 2 is 1.96 bits per heavy atom. The van der Waals surface area contributed by atoms with E-state index in [0.29, 0.717) is 18.7 Å². The molecule has 1 heterocycles. The van der Waals surface area contributed by atoms with Crippen molar-refractivity contribution in [2.75, 3.05) is 0 Å². The first-order chi connectivity index (χ1) is 13.1. The standard InChI is InChI=1S/C22H20N2O3/c1-14-5-8-16(9-6-14)21-20(24-13-27-21)22(26)23-12-15-7-10-18-17(11-15)3-2-4-19(18)25/h5-11,13H,2-4,12H2,1H3,(H,23,26). The highest BCUT2D eigenvalue weighted by Gasteiger charge is 2.19. The van der Waals surface area contributed by atoms with Crippen LogP contribution in [0.4, 0.5) is 0 Å². The van der Waals surface area contributed by atoms with Gasteiger partial charge in [0.15, 0.2) is 23.6 Å². The van der Waals surface area contributed by atoms with E-state index in [-0.39, 0.29) is 17.4 Å². The van der Waals surface area contributed by atoms with Gasteiger partial charge in [-0.2, -0.15) is 0 Å². The molecule has 0 bridgehead atoms. The first kappa shape index (κ1) is 17.2. The lowest BCUT2D eigenvalue weighted by atomic mass is 9.89. The number of ketones is 1. The summed E-state index contributed by atoms with van der Waals surface area (Å²) in [4.78, 5) is 28.6. The molecule has 1 aliphatic rings. The van der Waals surface area contributed by atoms with E-state index in [1.54, 1.807) is 0 Å². The first-order valence-electron chi connectivity index (χ1n) is 9.05. The van der Waals surface area contributed by atoms with Crippen molar-refractivity contribution in [2.45, 2.75) is 32.7 Å². The van der Waals surface area contributed by atoms with Gasteiger partial charge in [0.2, 0.25) is 0 Å². The molecular weight excluding hydrogens is 340 g/mol. The summed E-state index contributed by atoms with van der Waals surface area (Å²) >= 11 is 0. The number of hydrogen-bond acceptors (Lipinski definition) is 4. The van der Waals surface area contributed by atoms with Crippen LogP contribution in [0.1, 0.15) is 50.4 Å². The third-order valence-electron chi connectivity index (χ3n) is 4.87. The molecule has 5 nitrogen and oxygen atoms in total. The number of benzene rings is 2. The number of hydrogen-bond donors (Lipinski definition) is 1. The molecule has 0 saturated carbocycles.